The van der Waals surface area contributed by atoms with Crippen molar-refractivity contribution in [3.8, 4) is 11.1 Å². The van der Waals surface area contributed by atoms with Crippen LogP contribution < -0.4 is 5.32 Å². The van der Waals surface area contributed by atoms with Crippen LogP contribution >= 0.6 is 0 Å². The van der Waals surface area contributed by atoms with Gasteiger partial charge in [0.2, 0.25) is 15.9 Å². The fraction of sp³-hybridized carbons (Fsp3) is 0.375. The lowest BCUT2D eigenvalue weighted by Gasteiger charge is -2.35. The molecule has 5 rings (SSSR count). The molecule has 1 aliphatic carbocycles. The molecule has 0 aromatic heterocycles. The Morgan fingerprint density at radius 1 is 0.902 bits per heavy atom. The fourth-order valence-corrected chi connectivity index (χ4v) is 6.50. The van der Waals surface area contributed by atoms with Gasteiger partial charge < -0.3 is 10.2 Å². The third-order valence-corrected chi connectivity index (χ3v) is 9.47. The molecule has 7 nitrogen and oxygen atoms in total. The number of piperazine rings is 1. The van der Waals surface area contributed by atoms with Crippen LogP contribution in [0, 0.1) is 11.7 Å². The average molecular weight is 578 g/mol. The Labute approximate surface area is 241 Å². The van der Waals surface area contributed by atoms with Crippen molar-refractivity contribution in [1.29, 1.82) is 0 Å². The summed E-state index contributed by atoms with van der Waals surface area (Å²) in [5.74, 6) is 0.157. The van der Waals surface area contributed by atoms with Gasteiger partial charge in [0.25, 0.3) is 5.91 Å². The summed E-state index contributed by atoms with van der Waals surface area (Å²) in [5, 5.41) is 2.97. The molecule has 0 radical (unpaired) electrons. The topological polar surface area (TPSA) is 86.8 Å². The van der Waals surface area contributed by atoms with Gasteiger partial charge in [0.1, 0.15) is 11.9 Å². The molecule has 1 heterocycles. The Balaban J connectivity index is 1.22. The first-order chi connectivity index (χ1) is 19.7. The minimum absolute atomic E-state index is 0.182. The number of carbonyl (C=O) groups excluding carboxylic acids is 2. The highest BCUT2D eigenvalue weighted by atomic mass is 32.2. The molecule has 1 N–H and O–H groups in total. The molecule has 3 aromatic rings. The van der Waals surface area contributed by atoms with E-state index < -0.39 is 16.1 Å². The van der Waals surface area contributed by atoms with Gasteiger partial charge in [-0.3, -0.25) is 9.59 Å². The predicted molar refractivity (Wildman–Crippen MR) is 157 cm³/mol. The van der Waals surface area contributed by atoms with Gasteiger partial charge >= 0.3 is 0 Å². The normalized spacial score (nSPS) is 19.9. The van der Waals surface area contributed by atoms with Crippen LogP contribution in [-0.4, -0.2) is 67.9 Å². The van der Waals surface area contributed by atoms with Crippen LogP contribution in [0.4, 0.5) is 4.39 Å². The third-order valence-electron chi connectivity index (χ3n) is 8.17. The molecule has 1 saturated carbocycles. The molecule has 1 saturated heterocycles. The van der Waals surface area contributed by atoms with E-state index in [1.165, 1.54) is 22.7 Å². The van der Waals surface area contributed by atoms with Crippen molar-refractivity contribution in [1.82, 2.24) is 14.5 Å². The summed E-state index contributed by atoms with van der Waals surface area (Å²) >= 11 is 0. The molecule has 3 atom stereocenters. The molecular formula is C32H36FN3O4S. The van der Waals surface area contributed by atoms with Gasteiger partial charge in [-0.05, 0) is 72.1 Å². The summed E-state index contributed by atoms with van der Waals surface area (Å²) in [4.78, 5) is 28.5. The van der Waals surface area contributed by atoms with Crippen molar-refractivity contribution in [3.63, 3.8) is 0 Å². The standard InChI is InChI=1S/C32H36FN3O4S/c1-41(39,40)36-20-18-35(19-21-36)32(38)30(9-5-8-27-22-29(27)25-14-16-28(33)17-15-25)34-31(37)26-12-10-24(11-13-26)23-6-3-2-4-7-23/h2-4,6-7,10-17,27,29-30H,5,8-9,18-22H2,1H3,(H,34,37)/t27-,29+,30-/m0/s1. The van der Waals surface area contributed by atoms with Crippen LogP contribution in [-0.2, 0) is 14.8 Å². The number of nitrogens with zero attached hydrogens (tertiary/aromatic N) is 2. The Kier molecular flexibility index (Phi) is 8.85. The predicted octanol–water partition coefficient (Wildman–Crippen LogP) is 4.67. The molecule has 0 bridgehead atoms. The van der Waals surface area contributed by atoms with Crippen LogP contribution in [0.2, 0.25) is 0 Å². The van der Waals surface area contributed by atoms with Crippen molar-refractivity contribution in [2.75, 3.05) is 32.4 Å². The highest BCUT2D eigenvalue weighted by molar-refractivity contribution is 7.88. The second-order valence-corrected chi connectivity index (χ2v) is 13.0. The van der Waals surface area contributed by atoms with Crippen LogP contribution in [0.3, 0.4) is 0 Å². The summed E-state index contributed by atoms with van der Waals surface area (Å²) in [6.45, 7) is 1.07. The van der Waals surface area contributed by atoms with Crippen LogP contribution in [0.25, 0.3) is 11.1 Å². The quantitative estimate of drug-likeness (QED) is 0.380. The number of amides is 2. The molecule has 0 unspecified atom stereocenters. The number of nitrogens with one attached hydrogen (secondary N) is 1. The molecular weight excluding hydrogens is 541 g/mol. The largest absolute Gasteiger partial charge is 0.340 e. The lowest BCUT2D eigenvalue weighted by molar-refractivity contribution is -0.134. The van der Waals surface area contributed by atoms with Crippen molar-refractivity contribution < 1.29 is 22.4 Å². The lowest BCUT2D eigenvalue weighted by atomic mass is 10.0. The number of halogens is 1. The first kappa shape index (κ1) is 29.0. The molecule has 9 heteroatoms. The molecule has 1 aliphatic heterocycles. The highest BCUT2D eigenvalue weighted by Crippen LogP contribution is 2.50. The summed E-state index contributed by atoms with van der Waals surface area (Å²) < 4.78 is 38.5. The summed E-state index contributed by atoms with van der Waals surface area (Å²) in [6, 6.07) is 23.2. The summed E-state index contributed by atoms with van der Waals surface area (Å²) in [5.41, 5.74) is 3.67. The lowest BCUT2D eigenvalue weighted by Crippen LogP contribution is -2.55. The van der Waals surface area contributed by atoms with Gasteiger partial charge in [0.15, 0.2) is 0 Å². The Bertz CT molecular complexity index is 1460. The van der Waals surface area contributed by atoms with Gasteiger partial charge in [-0.15, -0.1) is 0 Å². The van der Waals surface area contributed by atoms with E-state index in [9.17, 15) is 22.4 Å². The number of hydrogen-bond acceptors (Lipinski definition) is 4. The minimum atomic E-state index is -3.32. The Morgan fingerprint density at radius 3 is 2.17 bits per heavy atom. The van der Waals surface area contributed by atoms with E-state index in [4.69, 9.17) is 0 Å². The zero-order chi connectivity index (χ0) is 29.0. The third kappa shape index (κ3) is 7.40. The van der Waals surface area contributed by atoms with E-state index in [2.05, 4.69) is 5.32 Å². The first-order valence-corrected chi connectivity index (χ1v) is 16.0. The zero-order valence-corrected chi connectivity index (χ0v) is 24.0. The van der Waals surface area contributed by atoms with E-state index in [1.54, 1.807) is 17.0 Å². The average Bonchev–Trinajstić information content (AvgIpc) is 3.76. The minimum Gasteiger partial charge on any atom is -0.340 e. The van der Waals surface area contributed by atoms with Gasteiger partial charge in [0, 0.05) is 31.7 Å². The Morgan fingerprint density at radius 2 is 1.54 bits per heavy atom. The maximum atomic E-state index is 13.6. The van der Waals surface area contributed by atoms with Gasteiger partial charge in [0.05, 0.1) is 6.26 Å². The van der Waals surface area contributed by atoms with E-state index in [0.717, 1.165) is 36.0 Å². The number of benzene rings is 3. The van der Waals surface area contributed by atoms with Crippen molar-refractivity contribution in [3.05, 3.63) is 95.8 Å². The van der Waals surface area contributed by atoms with Crippen LogP contribution in [0.15, 0.2) is 78.9 Å². The van der Waals surface area contributed by atoms with Gasteiger partial charge in [-0.1, -0.05) is 61.0 Å². The second-order valence-electron chi connectivity index (χ2n) is 11.0. The first-order valence-electron chi connectivity index (χ1n) is 14.1. The number of rotatable bonds is 10. The SMILES string of the molecule is CS(=O)(=O)N1CCN(C(=O)[C@H](CCC[C@H]2C[C@@H]2c2ccc(F)cc2)NC(=O)c2ccc(-c3ccccc3)cc2)CC1. The molecule has 2 amide bonds. The molecule has 41 heavy (non-hydrogen) atoms. The molecule has 216 valence electrons. The van der Waals surface area contributed by atoms with Crippen LogP contribution in [0.1, 0.15) is 47.5 Å². The van der Waals surface area contributed by atoms with Gasteiger partial charge in [-0.25, -0.2) is 12.8 Å². The molecule has 3 aromatic carbocycles. The van der Waals surface area contributed by atoms with E-state index in [1.807, 2.05) is 54.6 Å². The van der Waals surface area contributed by atoms with Crippen molar-refractivity contribution in [2.45, 2.75) is 37.6 Å². The van der Waals surface area contributed by atoms with Crippen molar-refractivity contribution in [2.24, 2.45) is 5.92 Å². The second kappa shape index (κ2) is 12.5. The maximum absolute atomic E-state index is 13.6. The van der Waals surface area contributed by atoms with Crippen molar-refractivity contribution >= 4 is 21.8 Å². The van der Waals surface area contributed by atoms with Gasteiger partial charge in [-0.2, -0.15) is 4.31 Å². The fourth-order valence-electron chi connectivity index (χ4n) is 5.67. The number of sulfonamides is 1. The monoisotopic (exact) mass is 577 g/mol. The highest BCUT2D eigenvalue weighted by Gasteiger charge is 2.38. The molecule has 2 aliphatic rings. The molecule has 2 fully saturated rings. The Hall–Kier alpha value is -3.56. The summed E-state index contributed by atoms with van der Waals surface area (Å²) in [6.07, 6.45) is 4.38. The van der Waals surface area contributed by atoms with E-state index in [0.29, 0.717) is 36.9 Å². The van der Waals surface area contributed by atoms with E-state index in [-0.39, 0.29) is 30.7 Å². The number of hydrogen-bond donors (Lipinski definition) is 1. The molecule has 0 spiro atoms. The van der Waals surface area contributed by atoms with Crippen LogP contribution in [0.5, 0.6) is 0 Å². The zero-order valence-electron chi connectivity index (χ0n) is 23.2. The van der Waals surface area contributed by atoms with E-state index >= 15 is 0 Å². The summed E-state index contributed by atoms with van der Waals surface area (Å²) in [7, 11) is -3.32. The maximum Gasteiger partial charge on any atom is 0.251 e. The smallest absolute Gasteiger partial charge is 0.251 e. The number of carbonyl (C=O) groups is 2.